The van der Waals surface area contributed by atoms with Gasteiger partial charge in [-0.1, -0.05) is 44.2 Å². The molecule has 1 N–H and O–H groups in total. The summed E-state index contributed by atoms with van der Waals surface area (Å²) in [4.78, 5) is 11.8. The summed E-state index contributed by atoms with van der Waals surface area (Å²) in [7, 11) is 0. The second kappa shape index (κ2) is 6.41. The van der Waals surface area contributed by atoms with E-state index in [-0.39, 0.29) is 5.56 Å². The van der Waals surface area contributed by atoms with Crippen LogP contribution in [0.3, 0.4) is 0 Å². The van der Waals surface area contributed by atoms with Gasteiger partial charge in [-0.15, -0.1) is 0 Å². The van der Waals surface area contributed by atoms with E-state index in [2.05, 4.69) is 43.2 Å². The van der Waals surface area contributed by atoms with E-state index in [1.54, 1.807) is 10.7 Å². The van der Waals surface area contributed by atoms with Gasteiger partial charge in [-0.3, -0.25) is 14.6 Å². The van der Waals surface area contributed by atoms with Crippen molar-refractivity contribution in [2.75, 3.05) is 0 Å². The molecule has 0 saturated carbocycles. The Morgan fingerprint density at radius 2 is 1.95 bits per heavy atom. The van der Waals surface area contributed by atoms with Gasteiger partial charge in [0.15, 0.2) is 0 Å². The normalized spacial score (nSPS) is 11.1. The van der Waals surface area contributed by atoms with E-state index in [1.807, 2.05) is 6.07 Å². The van der Waals surface area contributed by atoms with Crippen molar-refractivity contribution in [1.82, 2.24) is 9.78 Å². The molecule has 0 radical (unpaired) electrons. The number of rotatable bonds is 6. The minimum absolute atomic E-state index is 0.0868. The summed E-state index contributed by atoms with van der Waals surface area (Å²) in [5.74, 6) is 0.566. The fourth-order valence-corrected chi connectivity index (χ4v) is 2.28. The highest BCUT2D eigenvalue weighted by molar-refractivity contribution is 5.14. The first-order valence-corrected chi connectivity index (χ1v) is 6.98. The van der Waals surface area contributed by atoms with E-state index in [9.17, 15) is 4.79 Å². The van der Waals surface area contributed by atoms with E-state index >= 15 is 0 Å². The van der Waals surface area contributed by atoms with Crippen molar-refractivity contribution in [3.05, 3.63) is 58.0 Å². The molecule has 19 heavy (non-hydrogen) atoms. The lowest BCUT2D eigenvalue weighted by atomic mass is 10.1. The van der Waals surface area contributed by atoms with E-state index in [1.165, 1.54) is 5.56 Å². The molecule has 102 valence electrons. The van der Waals surface area contributed by atoms with Crippen LogP contribution in [-0.2, 0) is 19.4 Å². The average molecular weight is 258 g/mol. The minimum atomic E-state index is 0.0868. The average Bonchev–Trinajstić information content (AvgIpc) is 2.70. The zero-order valence-electron chi connectivity index (χ0n) is 11.7. The van der Waals surface area contributed by atoms with Crippen molar-refractivity contribution in [2.24, 2.45) is 5.92 Å². The van der Waals surface area contributed by atoms with Gasteiger partial charge in [0.25, 0.3) is 5.56 Å². The first-order valence-electron chi connectivity index (χ1n) is 6.98. The SMILES string of the molecule is CC(C)Cc1cc(=O)n(CCCc2ccccc2)[nH]1. The van der Waals surface area contributed by atoms with Crippen molar-refractivity contribution in [3.8, 4) is 0 Å². The molecule has 0 atom stereocenters. The number of hydrogen-bond acceptors (Lipinski definition) is 1. The van der Waals surface area contributed by atoms with Crippen LogP contribution >= 0.6 is 0 Å². The molecule has 0 spiro atoms. The molecule has 0 aliphatic rings. The van der Waals surface area contributed by atoms with Gasteiger partial charge in [0.1, 0.15) is 0 Å². The van der Waals surface area contributed by atoms with Gasteiger partial charge >= 0.3 is 0 Å². The van der Waals surface area contributed by atoms with Crippen LogP contribution in [0, 0.1) is 5.92 Å². The minimum Gasteiger partial charge on any atom is -0.300 e. The van der Waals surface area contributed by atoms with Crippen LogP contribution in [0.2, 0.25) is 0 Å². The lowest BCUT2D eigenvalue weighted by Gasteiger charge is -2.04. The second-order valence-electron chi connectivity index (χ2n) is 5.46. The molecule has 2 rings (SSSR count). The Bertz CT molecular complexity index is 552. The summed E-state index contributed by atoms with van der Waals surface area (Å²) in [5, 5.41) is 3.20. The third kappa shape index (κ3) is 4.12. The largest absolute Gasteiger partial charge is 0.300 e. The second-order valence-corrected chi connectivity index (χ2v) is 5.46. The number of aromatic amines is 1. The number of aryl methyl sites for hydroxylation is 2. The van der Waals surface area contributed by atoms with Crippen LogP contribution < -0.4 is 5.56 Å². The molecular formula is C16H22N2O. The highest BCUT2D eigenvalue weighted by Gasteiger charge is 2.04. The molecule has 0 aliphatic heterocycles. The molecule has 0 unspecified atom stereocenters. The van der Waals surface area contributed by atoms with Gasteiger partial charge in [-0.2, -0.15) is 0 Å². The number of benzene rings is 1. The Kier molecular flexibility index (Phi) is 4.61. The number of hydrogen-bond donors (Lipinski definition) is 1. The molecule has 0 saturated heterocycles. The summed E-state index contributed by atoms with van der Waals surface area (Å²) in [6.07, 6.45) is 2.91. The highest BCUT2D eigenvalue weighted by atomic mass is 16.1. The van der Waals surface area contributed by atoms with Gasteiger partial charge in [-0.25, -0.2) is 0 Å². The Morgan fingerprint density at radius 1 is 1.21 bits per heavy atom. The van der Waals surface area contributed by atoms with E-state index in [0.29, 0.717) is 5.92 Å². The molecule has 3 nitrogen and oxygen atoms in total. The Labute approximate surface area is 114 Å². The van der Waals surface area contributed by atoms with Crippen molar-refractivity contribution < 1.29 is 0 Å². The zero-order chi connectivity index (χ0) is 13.7. The summed E-state index contributed by atoms with van der Waals surface area (Å²) >= 11 is 0. The van der Waals surface area contributed by atoms with Crippen LogP contribution in [0.1, 0.15) is 31.5 Å². The van der Waals surface area contributed by atoms with Crippen molar-refractivity contribution >= 4 is 0 Å². The molecular weight excluding hydrogens is 236 g/mol. The zero-order valence-corrected chi connectivity index (χ0v) is 11.7. The predicted molar refractivity (Wildman–Crippen MR) is 78.4 cm³/mol. The molecule has 0 amide bonds. The molecule has 2 aromatic rings. The predicted octanol–water partition coefficient (Wildman–Crippen LogP) is 3.01. The van der Waals surface area contributed by atoms with Gasteiger partial charge < -0.3 is 0 Å². The lowest BCUT2D eigenvalue weighted by Crippen LogP contribution is -2.16. The standard InChI is InChI=1S/C16H22N2O/c1-13(2)11-15-12-16(19)18(17-15)10-6-9-14-7-4-3-5-8-14/h3-5,7-8,12-13,17H,6,9-11H2,1-2H3. The first kappa shape index (κ1) is 13.7. The van der Waals surface area contributed by atoms with Gasteiger partial charge in [0.2, 0.25) is 0 Å². The van der Waals surface area contributed by atoms with Gasteiger partial charge in [0.05, 0.1) is 0 Å². The molecule has 1 aromatic carbocycles. The number of H-pyrrole nitrogens is 1. The lowest BCUT2D eigenvalue weighted by molar-refractivity contribution is 0.547. The summed E-state index contributed by atoms with van der Waals surface area (Å²) in [5.41, 5.74) is 2.45. The molecule has 0 bridgehead atoms. The summed E-state index contributed by atoms with van der Waals surface area (Å²) in [6.45, 7) is 5.07. The number of nitrogens with one attached hydrogen (secondary N) is 1. The number of nitrogens with zero attached hydrogens (tertiary/aromatic N) is 1. The van der Waals surface area contributed by atoms with E-state index in [0.717, 1.165) is 31.5 Å². The topological polar surface area (TPSA) is 37.8 Å². The van der Waals surface area contributed by atoms with E-state index < -0.39 is 0 Å². The van der Waals surface area contributed by atoms with Crippen LogP contribution in [0.15, 0.2) is 41.2 Å². The third-order valence-corrected chi connectivity index (χ3v) is 3.16. The molecule has 1 aromatic heterocycles. The molecule has 3 heteroatoms. The monoisotopic (exact) mass is 258 g/mol. The highest BCUT2D eigenvalue weighted by Crippen LogP contribution is 2.05. The Morgan fingerprint density at radius 3 is 2.63 bits per heavy atom. The fourth-order valence-electron chi connectivity index (χ4n) is 2.28. The van der Waals surface area contributed by atoms with Gasteiger partial charge in [0, 0.05) is 18.3 Å². The van der Waals surface area contributed by atoms with Crippen LogP contribution in [0.25, 0.3) is 0 Å². The van der Waals surface area contributed by atoms with Gasteiger partial charge in [-0.05, 0) is 30.7 Å². The van der Waals surface area contributed by atoms with Crippen molar-refractivity contribution in [1.29, 1.82) is 0 Å². The maximum atomic E-state index is 11.8. The molecule has 0 aliphatic carbocycles. The first-order chi connectivity index (χ1) is 9.15. The molecule has 0 fully saturated rings. The quantitative estimate of drug-likeness (QED) is 0.849. The van der Waals surface area contributed by atoms with E-state index in [4.69, 9.17) is 0 Å². The summed E-state index contributed by atoms with van der Waals surface area (Å²) in [6, 6.07) is 12.1. The Hall–Kier alpha value is -1.77. The fraction of sp³-hybridized carbons (Fsp3) is 0.438. The molecule has 1 heterocycles. The van der Waals surface area contributed by atoms with Crippen molar-refractivity contribution in [2.45, 2.75) is 39.7 Å². The maximum absolute atomic E-state index is 11.8. The third-order valence-electron chi connectivity index (χ3n) is 3.16. The van der Waals surface area contributed by atoms with Crippen LogP contribution in [0.5, 0.6) is 0 Å². The number of aromatic nitrogens is 2. The summed E-state index contributed by atoms with van der Waals surface area (Å²) < 4.78 is 1.72. The Balaban J connectivity index is 1.89. The maximum Gasteiger partial charge on any atom is 0.266 e. The van der Waals surface area contributed by atoms with Crippen molar-refractivity contribution in [3.63, 3.8) is 0 Å². The smallest absolute Gasteiger partial charge is 0.266 e. The van der Waals surface area contributed by atoms with Crippen LogP contribution in [0.4, 0.5) is 0 Å². The van der Waals surface area contributed by atoms with Crippen LogP contribution in [-0.4, -0.2) is 9.78 Å².